The van der Waals surface area contributed by atoms with Gasteiger partial charge in [0.1, 0.15) is 11.8 Å². The molecule has 8 heteroatoms. The molecule has 0 aromatic carbocycles. The summed E-state index contributed by atoms with van der Waals surface area (Å²) in [4.78, 5) is 37.3. The number of esters is 1. The number of ether oxygens (including phenoxy) is 1. The lowest BCUT2D eigenvalue weighted by Crippen LogP contribution is -2.38. The molecule has 1 N–H and O–H groups in total. The second-order valence-electron chi connectivity index (χ2n) is 5.97. The molecule has 134 valence electrons. The first-order valence-corrected chi connectivity index (χ1v) is 8.62. The van der Waals surface area contributed by atoms with Crippen LogP contribution in [-0.2, 0) is 19.1 Å². The average molecular weight is 338 g/mol. The van der Waals surface area contributed by atoms with Gasteiger partial charge in [0.2, 0.25) is 5.91 Å². The standard InChI is InChI=1S/C16H26N4O4/c17-20-18-10-7-5-3-1-2-4-6-8-13(21)12-15(22)19-14-9-11-24-16(14)23/h14H,1-12H2,(H,19,22)/t14-/m0/s1. The van der Waals surface area contributed by atoms with E-state index in [1.807, 2.05) is 0 Å². The van der Waals surface area contributed by atoms with Crippen LogP contribution in [0.1, 0.15) is 64.2 Å². The van der Waals surface area contributed by atoms with Crippen molar-refractivity contribution < 1.29 is 19.1 Å². The van der Waals surface area contributed by atoms with Gasteiger partial charge in [-0.25, -0.2) is 4.79 Å². The molecule has 0 bridgehead atoms. The Kier molecular flexibility index (Phi) is 10.3. The number of azide groups is 1. The van der Waals surface area contributed by atoms with Gasteiger partial charge in [0.25, 0.3) is 0 Å². The lowest BCUT2D eigenvalue weighted by atomic mass is 10.1. The van der Waals surface area contributed by atoms with Gasteiger partial charge in [0.15, 0.2) is 0 Å². The molecule has 0 radical (unpaired) electrons. The van der Waals surface area contributed by atoms with Crippen molar-refractivity contribution in [2.45, 2.75) is 70.3 Å². The predicted octanol–water partition coefficient (Wildman–Crippen LogP) is 2.81. The van der Waals surface area contributed by atoms with Crippen molar-refractivity contribution in [3.05, 3.63) is 10.4 Å². The number of ketones is 1. The quantitative estimate of drug-likeness (QED) is 0.138. The maximum Gasteiger partial charge on any atom is 0.328 e. The Balaban J connectivity index is 1.95. The number of hydrogen-bond acceptors (Lipinski definition) is 5. The molecule has 0 unspecified atom stereocenters. The van der Waals surface area contributed by atoms with Gasteiger partial charge in [-0.3, -0.25) is 9.59 Å². The normalized spacial score (nSPS) is 16.3. The molecule has 0 spiro atoms. The highest BCUT2D eigenvalue weighted by atomic mass is 16.5. The summed E-state index contributed by atoms with van der Waals surface area (Å²) in [5.41, 5.74) is 8.13. The van der Waals surface area contributed by atoms with Crippen LogP contribution in [0.3, 0.4) is 0 Å². The van der Waals surface area contributed by atoms with Crippen molar-refractivity contribution in [3.8, 4) is 0 Å². The second kappa shape index (κ2) is 12.4. The van der Waals surface area contributed by atoms with E-state index in [9.17, 15) is 14.4 Å². The van der Waals surface area contributed by atoms with E-state index in [0.717, 1.165) is 44.9 Å². The molecule has 0 aliphatic carbocycles. The fourth-order valence-corrected chi connectivity index (χ4v) is 2.57. The van der Waals surface area contributed by atoms with Gasteiger partial charge < -0.3 is 10.1 Å². The van der Waals surface area contributed by atoms with E-state index >= 15 is 0 Å². The van der Waals surface area contributed by atoms with Crippen LogP contribution in [-0.4, -0.2) is 36.9 Å². The van der Waals surface area contributed by atoms with E-state index in [0.29, 0.717) is 26.0 Å². The summed E-state index contributed by atoms with van der Waals surface area (Å²) in [5.74, 6) is -0.910. The van der Waals surface area contributed by atoms with Gasteiger partial charge in [-0.15, -0.1) is 0 Å². The summed E-state index contributed by atoms with van der Waals surface area (Å²) < 4.78 is 4.75. The molecule has 1 aliphatic heterocycles. The summed E-state index contributed by atoms with van der Waals surface area (Å²) in [6, 6.07) is -0.593. The van der Waals surface area contributed by atoms with E-state index in [2.05, 4.69) is 15.3 Å². The molecule has 1 rings (SSSR count). The van der Waals surface area contributed by atoms with Crippen molar-refractivity contribution in [1.82, 2.24) is 5.32 Å². The molecule has 1 heterocycles. The van der Waals surface area contributed by atoms with Crippen molar-refractivity contribution in [1.29, 1.82) is 0 Å². The highest BCUT2D eigenvalue weighted by Gasteiger charge is 2.28. The number of cyclic esters (lactones) is 1. The minimum Gasteiger partial charge on any atom is -0.464 e. The van der Waals surface area contributed by atoms with Crippen LogP contribution in [0.4, 0.5) is 0 Å². The van der Waals surface area contributed by atoms with E-state index < -0.39 is 17.9 Å². The van der Waals surface area contributed by atoms with Gasteiger partial charge in [0.05, 0.1) is 13.0 Å². The maximum absolute atomic E-state index is 11.7. The second-order valence-corrected chi connectivity index (χ2v) is 5.97. The van der Waals surface area contributed by atoms with Crippen LogP contribution in [0.25, 0.3) is 10.4 Å². The van der Waals surface area contributed by atoms with Crippen LogP contribution >= 0.6 is 0 Å². The lowest BCUT2D eigenvalue weighted by molar-refractivity contribution is -0.142. The van der Waals surface area contributed by atoms with Crippen LogP contribution < -0.4 is 5.32 Å². The Morgan fingerprint density at radius 1 is 1.17 bits per heavy atom. The molecule has 1 saturated heterocycles. The smallest absolute Gasteiger partial charge is 0.328 e. The molecule has 1 amide bonds. The summed E-state index contributed by atoms with van der Waals surface area (Å²) in [5, 5.41) is 6.02. The highest BCUT2D eigenvalue weighted by molar-refractivity contribution is 5.99. The molecule has 0 aromatic rings. The predicted molar refractivity (Wildman–Crippen MR) is 88.1 cm³/mol. The molecule has 0 aromatic heterocycles. The first kappa shape index (κ1) is 20.0. The molecule has 1 atom stereocenters. The Bertz CT molecular complexity index is 475. The maximum atomic E-state index is 11.7. The Labute approximate surface area is 141 Å². The van der Waals surface area contributed by atoms with E-state index in [1.54, 1.807) is 0 Å². The Hall–Kier alpha value is -2.08. The van der Waals surface area contributed by atoms with Gasteiger partial charge in [-0.1, -0.05) is 37.2 Å². The number of carbonyl (C=O) groups is 3. The minimum absolute atomic E-state index is 0.0896. The zero-order chi connectivity index (χ0) is 17.6. The number of amides is 1. The molecular formula is C16H26N4O4. The number of unbranched alkanes of at least 4 members (excludes halogenated alkanes) is 6. The molecule has 1 fully saturated rings. The van der Waals surface area contributed by atoms with Gasteiger partial charge in [0, 0.05) is 24.3 Å². The Morgan fingerprint density at radius 2 is 1.83 bits per heavy atom. The SMILES string of the molecule is [N-]=[N+]=NCCCCCCCCCC(=O)CC(=O)N[C@H]1CCOC1=O. The van der Waals surface area contributed by atoms with Gasteiger partial charge in [-0.2, -0.15) is 0 Å². The molecule has 8 nitrogen and oxygen atoms in total. The van der Waals surface area contributed by atoms with Crippen LogP contribution in [0, 0.1) is 0 Å². The largest absolute Gasteiger partial charge is 0.464 e. The van der Waals surface area contributed by atoms with Crippen LogP contribution in [0.15, 0.2) is 5.11 Å². The van der Waals surface area contributed by atoms with E-state index in [4.69, 9.17) is 10.3 Å². The fourth-order valence-electron chi connectivity index (χ4n) is 2.57. The third-order valence-electron chi connectivity index (χ3n) is 3.91. The van der Waals surface area contributed by atoms with E-state index in [1.165, 1.54) is 0 Å². The van der Waals surface area contributed by atoms with Crippen LogP contribution in [0.2, 0.25) is 0 Å². The molecular weight excluding hydrogens is 312 g/mol. The zero-order valence-electron chi connectivity index (χ0n) is 14.0. The summed E-state index contributed by atoms with van der Waals surface area (Å²) >= 11 is 0. The van der Waals surface area contributed by atoms with Crippen molar-refractivity contribution >= 4 is 17.7 Å². The first-order chi connectivity index (χ1) is 11.6. The fraction of sp³-hybridized carbons (Fsp3) is 0.812. The Morgan fingerprint density at radius 3 is 2.46 bits per heavy atom. The van der Waals surface area contributed by atoms with Crippen molar-refractivity contribution in [2.24, 2.45) is 5.11 Å². The number of nitrogens with one attached hydrogen (secondary N) is 1. The average Bonchev–Trinajstić information content (AvgIpc) is 2.94. The molecule has 24 heavy (non-hydrogen) atoms. The topological polar surface area (TPSA) is 121 Å². The van der Waals surface area contributed by atoms with Gasteiger partial charge >= 0.3 is 5.97 Å². The highest BCUT2D eigenvalue weighted by Crippen LogP contribution is 2.10. The number of hydrogen-bond donors (Lipinski definition) is 1. The summed E-state index contributed by atoms with van der Waals surface area (Å²) in [6.07, 6.45) is 7.73. The van der Waals surface area contributed by atoms with Crippen molar-refractivity contribution in [3.63, 3.8) is 0 Å². The monoisotopic (exact) mass is 338 g/mol. The molecule has 1 aliphatic rings. The lowest BCUT2D eigenvalue weighted by Gasteiger charge is -2.08. The summed E-state index contributed by atoms with van der Waals surface area (Å²) in [6.45, 7) is 0.884. The summed E-state index contributed by atoms with van der Waals surface area (Å²) in [7, 11) is 0. The number of nitrogens with zero attached hydrogens (tertiary/aromatic N) is 3. The third-order valence-corrected chi connectivity index (χ3v) is 3.91. The first-order valence-electron chi connectivity index (χ1n) is 8.62. The van der Waals surface area contributed by atoms with Crippen molar-refractivity contribution in [2.75, 3.05) is 13.2 Å². The van der Waals surface area contributed by atoms with E-state index in [-0.39, 0.29) is 12.2 Å². The number of carbonyl (C=O) groups excluding carboxylic acids is 3. The number of Topliss-reactive ketones (excluding diaryl/α,β-unsaturated/α-hetero) is 1. The van der Waals surface area contributed by atoms with Crippen LogP contribution in [0.5, 0.6) is 0 Å². The third kappa shape index (κ3) is 9.15. The minimum atomic E-state index is -0.593. The number of rotatable bonds is 13. The van der Waals surface area contributed by atoms with Gasteiger partial charge in [-0.05, 0) is 18.4 Å². The molecule has 0 saturated carbocycles. The zero-order valence-corrected chi connectivity index (χ0v) is 14.0.